The van der Waals surface area contributed by atoms with Crippen LogP contribution in [0.25, 0.3) is 0 Å². The number of amides is 1. The van der Waals surface area contributed by atoms with Gasteiger partial charge in [-0.3, -0.25) is 9.48 Å². The molecule has 7 nitrogen and oxygen atoms in total. The number of halogens is 2. The van der Waals surface area contributed by atoms with Gasteiger partial charge in [-0.2, -0.15) is 10.2 Å². The summed E-state index contributed by atoms with van der Waals surface area (Å²) in [7, 11) is 3.48. The SMILES string of the molecule is CN(Cc1c(Cl)cnn1C)C(=O)c1ccnn1COc1ccc(Cl)cc1. The summed E-state index contributed by atoms with van der Waals surface area (Å²) in [6.07, 6.45) is 3.11. The highest BCUT2D eigenvalue weighted by Crippen LogP contribution is 2.18. The summed E-state index contributed by atoms with van der Waals surface area (Å²) >= 11 is 12.0. The minimum atomic E-state index is -0.195. The van der Waals surface area contributed by atoms with Gasteiger partial charge in [-0.15, -0.1) is 0 Å². The maximum absolute atomic E-state index is 12.8. The van der Waals surface area contributed by atoms with Crippen molar-refractivity contribution in [2.45, 2.75) is 13.3 Å². The van der Waals surface area contributed by atoms with Gasteiger partial charge < -0.3 is 9.64 Å². The molecule has 0 fully saturated rings. The van der Waals surface area contributed by atoms with Crippen molar-refractivity contribution in [3.63, 3.8) is 0 Å². The molecule has 0 aliphatic heterocycles. The van der Waals surface area contributed by atoms with Crippen molar-refractivity contribution in [1.29, 1.82) is 0 Å². The second-order valence-electron chi connectivity index (χ2n) is 5.67. The highest BCUT2D eigenvalue weighted by Gasteiger charge is 2.19. The number of carbonyl (C=O) groups excluding carboxylic acids is 1. The Morgan fingerprint density at radius 1 is 1.19 bits per heavy atom. The quantitative estimate of drug-likeness (QED) is 0.644. The summed E-state index contributed by atoms with van der Waals surface area (Å²) in [6, 6.07) is 8.62. The van der Waals surface area contributed by atoms with Crippen molar-refractivity contribution in [1.82, 2.24) is 24.5 Å². The van der Waals surface area contributed by atoms with E-state index >= 15 is 0 Å². The average Bonchev–Trinajstić information content (AvgIpc) is 3.22. The molecule has 0 saturated carbocycles. The fraction of sp³-hybridized carbons (Fsp3) is 0.235. The van der Waals surface area contributed by atoms with Crippen molar-refractivity contribution in [2.24, 2.45) is 7.05 Å². The number of aryl methyl sites for hydroxylation is 1. The molecule has 26 heavy (non-hydrogen) atoms. The zero-order chi connectivity index (χ0) is 18.7. The van der Waals surface area contributed by atoms with Gasteiger partial charge in [0.2, 0.25) is 0 Å². The van der Waals surface area contributed by atoms with E-state index in [9.17, 15) is 4.79 Å². The van der Waals surface area contributed by atoms with Gasteiger partial charge in [-0.05, 0) is 30.3 Å². The number of nitrogens with zero attached hydrogens (tertiary/aromatic N) is 5. The Morgan fingerprint density at radius 3 is 2.58 bits per heavy atom. The molecule has 0 aliphatic carbocycles. The summed E-state index contributed by atoms with van der Waals surface area (Å²) in [5.74, 6) is 0.442. The van der Waals surface area contributed by atoms with Gasteiger partial charge in [0, 0.05) is 25.3 Å². The van der Waals surface area contributed by atoms with E-state index in [0.717, 1.165) is 5.69 Å². The number of benzene rings is 1. The van der Waals surface area contributed by atoms with Gasteiger partial charge in [0.15, 0.2) is 6.73 Å². The van der Waals surface area contributed by atoms with Crippen LogP contribution in [0.5, 0.6) is 5.75 Å². The van der Waals surface area contributed by atoms with Crippen molar-refractivity contribution in [3.05, 3.63) is 64.2 Å². The zero-order valence-electron chi connectivity index (χ0n) is 14.3. The number of hydrogen-bond donors (Lipinski definition) is 0. The van der Waals surface area contributed by atoms with Gasteiger partial charge in [0.05, 0.1) is 23.5 Å². The monoisotopic (exact) mass is 393 g/mol. The molecule has 3 rings (SSSR count). The predicted molar refractivity (Wildman–Crippen MR) is 98.3 cm³/mol. The van der Waals surface area contributed by atoms with E-state index in [-0.39, 0.29) is 12.6 Å². The lowest BCUT2D eigenvalue weighted by Crippen LogP contribution is -2.30. The smallest absolute Gasteiger partial charge is 0.272 e. The average molecular weight is 394 g/mol. The maximum Gasteiger partial charge on any atom is 0.272 e. The third kappa shape index (κ3) is 4.00. The largest absolute Gasteiger partial charge is 0.471 e. The molecule has 0 N–H and O–H groups in total. The molecule has 136 valence electrons. The van der Waals surface area contributed by atoms with Gasteiger partial charge in [-0.25, -0.2) is 4.68 Å². The lowest BCUT2D eigenvalue weighted by atomic mass is 10.3. The second-order valence-corrected chi connectivity index (χ2v) is 6.51. The van der Waals surface area contributed by atoms with Gasteiger partial charge in [0.1, 0.15) is 11.4 Å². The van der Waals surface area contributed by atoms with Crippen LogP contribution in [0, 0.1) is 0 Å². The Hall–Kier alpha value is -2.51. The third-order valence-corrected chi connectivity index (χ3v) is 4.41. The lowest BCUT2D eigenvalue weighted by molar-refractivity contribution is 0.0759. The topological polar surface area (TPSA) is 65.2 Å². The van der Waals surface area contributed by atoms with Crippen molar-refractivity contribution in [2.75, 3.05) is 7.05 Å². The van der Waals surface area contributed by atoms with Gasteiger partial charge >= 0.3 is 0 Å². The Morgan fingerprint density at radius 2 is 1.92 bits per heavy atom. The highest BCUT2D eigenvalue weighted by atomic mass is 35.5. The second kappa shape index (κ2) is 7.80. The van der Waals surface area contributed by atoms with Crippen LogP contribution < -0.4 is 4.74 Å². The molecule has 2 aromatic heterocycles. The van der Waals surface area contributed by atoms with Crippen LogP contribution in [0.2, 0.25) is 10.0 Å². The normalized spacial score (nSPS) is 10.8. The number of aromatic nitrogens is 4. The molecule has 1 aromatic carbocycles. The third-order valence-electron chi connectivity index (χ3n) is 3.85. The Labute approximate surface area is 160 Å². The number of ether oxygens (including phenoxy) is 1. The Kier molecular flexibility index (Phi) is 5.49. The molecule has 3 aromatic rings. The van der Waals surface area contributed by atoms with Crippen molar-refractivity contribution in [3.8, 4) is 5.75 Å². The summed E-state index contributed by atoms with van der Waals surface area (Å²) in [5.41, 5.74) is 1.17. The van der Waals surface area contributed by atoms with E-state index in [1.807, 2.05) is 0 Å². The lowest BCUT2D eigenvalue weighted by Gasteiger charge is -2.18. The summed E-state index contributed by atoms with van der Waals surface area (Å²) < 4.78 is 8.80. The van der Waals surface area contributed by atoms with Crippen LogP contribution in [0.3, 0.4) is 0 Å². The molecule has 1 amide bonds. The standard InChI is InChI=1S/C17H17Cl2N5O2/c1-22(10-16-14(19)9-21-23(16)2)17(25)15-7-8-20-24(15)11-26-13-5-3-12(18)4-6-13/h3-9H,10-11H2,1-2H3. The predicted octanol–water partition coefficient (Wildman–Crippen LogP) is 3.23. The van der Waals surface area contributed by atoms with E-state index in [1.54, 1.807) is 66.4 Å². The van der Waals surface area contributed by atoms with E-state index in [4.69, 9.17) is 27.9 Å². The van der Waals surface area contributed by atoms with Crippen LogP contribution in [-0.4, -0.2) is 37.4 Å². The van der Waals surface area contributed by atoms with Crippen molar-refractivity contribution >= 4 is 29.1 Å². The highest BCUT2D eigenvalue weighted by molar-refractivity contribution is 6.31. The minimum absolute atomic E-state index is 0.107. The maximum atomic E-state index is 12.8. The first-order valence-corrected chi connectivity index (χ1v) is 8.53. The first kappa shape index (κ1) is 18.3. The van der Waals surface area contributed by atoms with Gasteiger partial charge in [-0.1, -0.05) is 23.2 Å². The fourth-order valence-corrected chi connectivity index (χ4v) is 2.74. The van der Waals surface area contributed by atoms with E-state index < -0.39 is 0 Å². The summed E-state index contributed by atoms with van der Waals surface area (Å²) in [4.78, 5) is 14.3. The molecule has 0 atom stereocenters. The molecule has 0 saturated heterocycles. The zero-order valence-corrected chi connectivity index (χ0v) is 15.8. The van der Waals surface area contributed by atoms with E-state index in [2.05, 4.69) is 10.2 Å². The Bertz CT molecular complexity index is 885. The van der Waals surface area contributed by atoms with Crippen LogP contribution >= 0.6 is 23.2 Å². The Balaban J connectivity index is 1.68. The van der Waals surface area contributed by atoms with Gasteiger partial charge in [0.25, 0.3) is 5.91 Å². The van der Waals surface area contributed by atoms with Crippen LogP contribution in [0.1, 0.15) is 16.2 Å². The summed E-state index contributed by atoms with van der Waals surface area (Å²) in [5, 5.41) is 9.38. The molecule has 2 heterocycles. The molecule has 0 radical (unpaired) electrons. The molecule has 0 aliphatic rings. The van der Waals surface area contributed by atoms with Crippen LogP contribution in [0.15, 0.2) is 42.7 Å². The van der Waals surface area contributed by atoms with Crippen molar-refractivity contribution < 1.29 is 9.53 Å². The van der Waals surface area contributed by atoms with Crippen LogP contribution in [0.4, 0.5) is 0 Å². The number of carbonyl (C=O) groups is 1. The first-order valence-electron chi connectivity index (χ1n) is 7.77. The van der Waals surface area contributed by atoms with E-state index in [0.29, 0.717) is 28.0 Å². The number of rotatable bonds is 6. The first-order chi connectivity index (χ1) is 12.5. The molecule has 0 spiro atoms. The molecule has 9 heteroatoms. The minimum Gasteiger partial charge on any atom is -0.471 e. The van der Waals surface area contributed by atoms with E-state index in [1.165, 1.54) is 4.68 Å². The molecular weight excluding hydrogens is 377 g/mol. The molecule has 0 bridgehead atoms. The molecule has 0 unspecified atom stereocenters. The molecular formula is C17H17Cl2N5O2. The fourth-order valence-electron chi connectivity index (χ4n) is 2.39. The summed E-state index contributed by atoms with van der Waals surface area (Å²) in [6.45, 7) is 0.438. The number of hydrogen-bond acceptors (Lipinski definition) is 4. The van der Waals surface area contributed by atoms with Crippen LogP contribution in [-0.2, 0) is 20.3 Å².